The number of nitrogens with one attached hydrogen (secondary N) is 1. The Bertz CT molecular complexity index is 586. The van der Waals surface area contributed by atoms with Crippen molar-refractivity contribution in [2.45, 2.75) is 19.4 Å². The number of halogens is 3. The molecule has 1 N–H and O–H groups in total. The van der Waals surface area contributed by atoms with Gasteiger partial charge in [0.05, 0.1) is 0 Å². The minimum atomic E-state index is -0.227. The van der Waals surface area contributed by atoms with E-state index in [1.165, 1.54) is 6.07 Å². The summed E-state index contributed by atoms with van der Waals surface area (Å²) >= 11 is 12.3. The van der Waals surface area contributed by atoms with E-state index in [2.05, 4.69) is 5.32 Å². The smallest absolute Gasteiger partial charge is 0.123 e. The van der Waals surface area contributed by atoms with Crippen LogP contribution in [0.5, 0.6) is 0 Å². The summed E-state index contributed by atoms with van der Waals surface area (Å²) in [5.41, 5.74) is 1.86. The van der Waals surface area contributed by atoms with Crippen LogP contribution < -0.4 is 5.32 Å². The van der Waals surface area contributed by atoms with Gasteiger partial charge in [-0.05, 0) is 54.4 Å². The van der Waals surface area contributed by atoms with Gasteiger partial charge in [0.15, 0.2) is 0 Å². The third-order valence-electron chi connectivity index (χ3n) is 3.11. The molecule has 0 fully saturated rings. The van der Waals surface area contributed by atoms with Crippen molar-refractivity contribution >= 4 is 23.2 Å². The fourth-order valence-corrected chi connectivity index (χ4v) is 2.65. The Morgan fingerprint density at radius 1 is 1.15 bits per heavy atom. The average Bonchev–Trinajstić information content (AvgIpc) is 2.41. The van der Waals surface area contributed by atoms with Crippen LogP contribution in [0.25, 0.3) is 0 Å². The highest BCUT2D eigenvalue weighted by molar-refractivity contribution is 6.33. The standard InChI is InChI=1S/C16H16Cl2FN/c1-2-20-16(9-11-4-3-5-13(19)8-11)14-10-12(17)6-7-15(14)18/h3-8,10,16,20H,2,9H2,1H3. The van der Waals surface area contributed by atoms with E-state index in [0.717, 1.165) is 17.7 Å². The number of likely N-dealkylation sites (N-methyl/N-ethyl adjacent to an activating group) is 1. The Morgan fingerprint density at radius 2 is 1.95 bits per heavy atom. The molecule has 2 aromatic carbocycles. The highest BCUT2D eigenvalue weighted by atomic mass is 35.5. The molecule has 0 saturated heterocycles. The molecule has 2 aromatic rings. The molecule has 20 heavy (non-hydrogen) atoms. The number of hydrogen-bond donors (Lipinski definition) is 1. The highest BCUT2D eigenvalue weighted by Crippen LogP contribution is 2.28. The second-order valence-electron chi connectivity index (χ2n) is 4.61. The molecule has 0 aromatic heterocycles. The molecular weight excluding hydrogens is 296 g/mol. The molecule has 0 bridgehead atoms. The molecule has 0 heterocycles. The lowest BCUT2D eigenvalue weighted by Crippen LogP contribution is -2.23. The Kier molecular flexibility index (Phi) is 5.41. The lowest BCUT2D eigenvalue weighted by molar-refractivity contribution is 0.547. The summed E-state index contributed by atoms with van der Waals surface area (Å²) < 4.78 is 13.3. The molecular formula is C16H16Cl2FN. The lowest BCUT2D eigenvalue weighted by atomic mass is 9.98. The van der Waals surface area contributed by atoms with Crippen LogP contribution >= 0.6 is 23.2 Å². The van der Waals surface area contributed by atoms with Gasteiger partial charge in [0.25, 0.3) is 0 Å². The van der Waals surface area contributed by atoms with E-state index < -0.39 is 0 Å². The highest BCUT2D eigenvalue weighted by Gasteiger charge is 2.15. The zero-order chi connectivity index (χ0) is 14.5. The van der Waals surface area contributed by atoms with Gasteiger partial charge in [-0.15, -0.1) is 0 Å². The minimum absolute atomic E-state index is 0.00741. The number of hydrogen-bond acceptors (Lipinski definition) is 1. The summed E-state index contributed by atoms with van der Waals surface area (Å²) in [5.74, 6) is -0.227. The predicted molar refractivity (Wildman–Crippen MR) is 83.0 cm³/mol. The van der Waals surface area contributed by atoms with Gasteiger partial charge in [0.2, 0.25) is 0 Å². The number of rotatable bonds is 5. The maximum Gasteiger partial charge on any atom is 0.123 e. The van der Waals surface area contributed by atoms with Gasteiger partial charge >= 0.3 is 0 Å². The summed E-state index contributed by atoms with van der Waals surface area (Å²) in [6, 6.07) is 12.0. The van der Waals surface area contributed by atoms with Crippen LogP contribution in [-0.4, -0.2) is 6.54 Å². The largest absolute Gasteiger partial charge is 0.310 e. The number of benzene rings is 2. The monoisotopic (exact) mass is 311 g/mol. The van der Waals surface area contributed by atoms with Gasteiger partial charge in [0, 0.05) is 16.1 Å². The molecule has 1 unspecified atom stereocenters. The molecule has 4 heteroatoms. The van der Waals surface area contributed by atoms with E-state index in [1.54, 1.807) is 24.3 Å². The van der Waals surface area contributed by atoms with Gasteiger partial charge in [-0.2, -0.15) is 0 Å². The summed E-state index contributed by atoms with van der Waals surface area (Å²) in [6.45, 7) is 2.82. The molecule has 2 rings (SSSR count). The molecule has 0 aliphatic carbocycles. The van der Waals surface area contributed by atoms with Gasteiger partial charge in [-0.1, -0.05) is 42.3 Å². The summed E-state index contributed by atoms with van der Waals surface area (Å²) in [6.07, 6.45) is 0.658. The van der Waals surface area contributed by atoms with Gasteiger partial charge in [-0.25, -0.2) is 4.39 Å². The molecule has 0 spiro atoms. The zero-order valence-corrected chi connectivity index (χ0v) is 12.7. The molecule has 0 amide bonds. The van der Waals surface area contributed by atoms with Crippen LogP contribution in [0, 0.1) is 5.82 Å². The normalized spacial score (nSPS) is 12.4. The maximum absolute atomic E-state index is 13.3. The van der Waals surface area contributed by atoms with E-state index in [0.29, 0.717) is 16.5 Å². The van der Waals surface area contributed by atoms with E-state index >= 15 is 0 Å². The Morgan fingerprint density at radius 3 is 2.65 bits per heavy atom. The van der Waals surface area contributed by atoms with E-state index in [9.17, 15) is 4.39 Å². The topological polar surface area (TPSA) is 12.0 Å². The van der Waals surface area contributed by atoms with Crippen LogP contribution in [0.4, 0.5) is 4.39 Å². The van der Waals surface area contributed by atoms with Crippen molar-refractivity contribution < 1.29 is 4.39 Å². The SMILES string of the molecule is CCNC(Cc1cccc(F)c1)c1cc(Cl)ccc1Cl. The van der Waals surface area contributed by atoms with Gasteiger partial charge in [-0.3, -0.25) is 0 Å². The van der Waals surface area contributed by atoms with Crippen molar-refractivity contribution in [1.29, 1.82) is 0 Å². The van der Waals surface area contributed by atoms with Crippen molar-refractivity contribution in [3.63, 3.8) is 0 Å². The summed E-state index contributed by atoms with van der Waals surface area (Å²) in [7, 11) is 0. The van der Waals surface area contributed by atoms with Gasteiger partial charge in [0.1, 0.15) is 5.82 Å². The van der Waals surface area contributed by atoms with E-state index in [-0.39, 0.29) is 11.9 Å². The maximum atomic E-state index is 13.3. The predicted octanol–water partition coefficient (Wildman–Crippen LogP) is 5.03. The second kappa shape index (κ2) is 7.07. The molecule has 0 radical (unpaired) electrons. The fourth-order valence-electron chi connectivity index (χ4n) is 2.22. The fraction of sp³-hybridized carbons (Fsp3) is 0.250. The van der Waals surface area contributed by atoms with Crippen molar-refractivity contribution in [3.05, 3.63) is 69.5 Å². The Balaban J connectivity index is 2.29. The molecule has 0 aliphatic heterocycles. The first-order valence-electron chi connectivity index (χ1n) is 6.53. The van der Waals surface area contributed by atoms with Crippen molar-refractivity contribution in [2.24, 2.45) is 0 Å². The molecule has 0 aliphatic rings. The van der Waals surface area contributed by atoms with Gasteiger partial charge < -0.3 is 5.32 Å². The first kappa shape index (κ1) is 15.3. The molecule has 1 atom stereocenters. The first-order valence-corrected chi connectivity index (χ1v) is 7.28. The van der Waals surface area contributed by atoms with Crippen LogP contribution in [0.3, 0.4) is 0 Å². The minimum Gasteiger partial charge on any atom is -0.310 e. The average molecular weight is 312 g/mol. The summed E-state index contributed by atoms with van der Waals surface area (Å²) in [4.78, 5) is 0. The van der Waals surface area contributed by atoms with Crippen LogP contribution in [-0.2, 0) is 6.42 Å². The first-order chi connectivity index (χ1) is 9.60. The van der Waals surface area contributed by atoms with E-state index in [1.807, 2.05) is 19.1 Å². The molecule has 106 valence electrons. The van der Waals surface area contributed by atoms with Crippen LogP contribution in [0.1, 0.15) is 24.1 Å². The third kappa shape index (κ3) is 3.95. The lowest BCUT2D eigenvalue weighted by Gasteiger charge is -2.20. The van der Waals surface area contributed by atoms with E-state index in [4.69, 9.17) is 23.2 Å². The second-order valence-corrected chi connectivity index (χ2v) is 5.45. The molecule has 0 saturated carbocycles. The van der Waals surface area contributed by atoms with Crippen molar-refractivity contribution in [3.8, 4) is 0 Å². The van der Waals surface area contributed by atoms with Crippen molar-refractivity contribution in [2.75, 3.05) is 6.54 Å². The van der Waals surface area contributed by atoms with Crippen LogP contribution in [0.15, 0.2) is 42.5 Å². The van der Waals surface area contributed by atoms with Crippen molar-refractivity contribution in [1.82, 2.24) is 5.32 Å². The quantitative estimate of drug-likeness (QED) is 0.817. The Labute approximate surface area is 128 Å². The third-order valence-corrected chi connectivity index (χ3v) is 3.69. The Hall–Kier alpha value is -1.09. The zero-order valence-electron chi connectivity index (χ0n) is 11.2. The summed E-state index contributed by atoms with van der Waals surface area (Å²) in [5, 5.41) is 4.68. The van der Waals surface area contributed by atoms with Crippen LogP contribution in [0.2, 0.25) is 10.0 Å². The molecule has 1 nitrogen and oxygen atoms in total.